The van der Waals surface area contributed by atoms with Crippen LogP contribution in [0.1, 0.15) is 32.3 Å². The number of pyridine rings is 1. The molecule has 2 N–H and O–H groups in total. The number of hydrogen-bond acceptors (Lipinski definition) is 5. The van der Waals surface area contributed by atoms with E-state index in [1.807, 2.05) is 26.2 Å². The Morgan fingerprint density at radius 2 is 2.10 bits per heavy atom. The third kappa shape index (κ3) is 5.25. The highest BCUT2D eigenvalue weighted by Crippen LogP contribution is 2.21. The van der Waals surface area contributed by atoms with Crippen LogP contribution >= 0.6 is 11.8 Å². The lowest BCUT2D eigenvalue weighted by molar-refractivity contribution is 0.567. The lowest BCUT2D eigenvalue weighted by Crippen LogP contribution is -2.36. The quantitative estimate of drug-likeness (QED) is 0.760. The van der Waals surface area contributed by atoms with E-state index in [9.17, 15) is 8.42 Å². The Hall–Kier alpha value is -0.630. The molecule has 0 aromatic carbocycles. The number of hydrogen-bond donors (Lipinski definition) is 2. The molecule has 0 atom stereocenters. The van der Waals surface area contributed by atoms with Gasteiger partial charge in [0.15, 0.2) is 5.03 Å². The molecule has 1 aromatic rings. The normalized spacial score (nSPS) is 16.1. The van der Waals surface area contributed by atoms with Crippen molar-refractivity contribution in [3.05, 3.63) is 23.9 Å². The summed E-state index contributed by atoms with van der Waals surface area (Å²) < 4.78 is 26.8. The molecule has 2 rings (SSSR count). The topological polar surface area (TPSA) is 71.1 Å². The molecule has 0 spiro atoms. The fourth-order valence-corrected chi connectivity index (χ4v) is 3.08. The SMILES string of the molecule is CSC(C)(C)CNS(=O)(=O)c1ccc(CNC2CC2)cn1. The summed E-state index contributed by atoms with van der Waals surface area (Å²) in [6.07, 6.45) is 6.06. The molecule has 118 valence electrons. The molecule has 1 aliphatic carbocycles. The Morgan fingerprint density at radius 1 is 1.38 bits per heavy atom. The van der Waals surface area contributed by atoms with Gasteiger partial charge in [-0.1, -0.05) is 6.07 Å². The van der Waals surface area contributed by atoms with Gasteiger partial charge < -0.3 is 5.32 Å². The molecule has 0 saturated heterocycles. The van der Waals surface area contributed by atoms with E-state index in [2.05, 4.69) is 15.0 Å². The molecule has 0 aliphatic heterocycles. The number of nitrogens with one attached hydrogen (secondary N) is 2. The third-order valence-electron chi connectivity index (χ3n) is 3.49. The van der Waals surface area contributed by atoms with Gasteiger partial charge in [-0.3, -0.25) is 0 Å². The molecular weight excluding hydrogens is 306 g/mol. The van der Waals surface area contributed by atoms with Crippen molar-refractivity contribution in [3.63, 3.8) is 0 Å². The molecule has 0 unspecified atom stereocenters. The van der Waals surface area contributed by atoms with Crippen molar-refractivity contribution < 1.29 is 8.42 Å². The summed E-state index contributed by atoms with van der Waals surface area (Å²) >= 11 is 1.62. The minimum absolute atomic E-state index is 0.0783. The Morgan fingerprint density at radius 3 is 2.62 bits per heavy atom. The van der Waals surface area contributed by atoms with E-state index in [4.69, 9.17) is 0 Å². The van der Waals surface area contributed by atoms with Gasteiger partial charge in [-0.15, -0.1) is 0 Å². The summed E-state index contributed by atoms with van der Waals surface area (Å²) in [7, 11) is -3.53. The van der Waals surface area contributed by atoms with Crippen molar-refractivity contribution in [1.29, 1.82) is 0 Å². The van der Waals surface area contributed by atoms with Crippen molar-refractivity contribution in [3.8, 4) is 0 Å². The first-order valence-electron chi connectivity index (χ1n) is 7.05. The van der Waals surface area contributed by atoms with Crippen LogP contribution in [0.5, 0.6) is 0 Å². The third-order valence-corrected chi connectivity index (χ3v) is 6.05. The van der Waals surface area contributed by atoms with Gasteiger partial charge in [-0.25, -0.2) is 18.1 Å². The van der Waals surface area contributed by atoms with Crippen LogP contribution in [0.3, 0.4) is 0 Å². The summed E-state index contributed by atoms with van der Waals surface area (Å²) in [5, 5.41) is 3.45. The van der Waals surface area contributed by atoms with Crippen LogP contribution in [0.15, 0.2) is 23.4 Å². The van der Waals surface area contributed by atoms with Gasteiger partial charge in [0.1, 0.15) is 0 Å². The standard InChI is InChI=1S/C14H23N3O2S2/c1-14(2,20-3)10-17-21(18,19)13-7-4-11(9-16-13)8-15-12-5-6-12/h4,7,9,12,15,17H,5-6,8,10H2,1-3H3. The second-order valence-electron chi connectivity index (χ2n) is 5.95. The zero-order chi connectivity index (χ0) is 15.5. The zero-order valence-electron chi connectivity index (χ0n) is 12.7. The lowest BCUT2D eigenvalue weighted by Gasteiger charge is -2.21. The Kier molecular flexibility index (Phi) is 5.29. The molecule has 5 nitrogen and oxygen atoms in total. The predicted molar refractivity (Wildman–Crippen MR) is 86.9 cm³/mol. The maximum absolute atomic E-state index is 12.2. The summed E-state index contributed by atoms with van der Waals surface area (Å²) in [5.41, 5.74) is 1.00. The van der Waals surface area contributed by atoms with E-state index in [0.717, 1.165) is 12.1 Å². The van der Waals surface area contributed by atoms with Crippen LogP contribution in [-0.4, -0.2) is 37.0 Å². The molecule has 0 radical (unpaired) electrons. The van der Waals surface area contributed by atoms with Crippen LogP contribution in [0.25, 0.3) is 0 Å². The van der Waals surface area contributed by atoms with Gasteiger partial charge in [0.2, 0.25) is 0 Å². The molecule has 1 aliphatic rings. The molecule has 21 heavy (non-hydrogen) atoms. The monoisotopic (exact) mass is 329 g/mol. The summed E-state index contributed by atoms with van der Waals surface area (Å²) in [6, 6.07) is 4.01. The Labute approximate surface area is 131 Å². The maximum atomic E-state index is 12.2. The smallest absolute Gasteiger partial charge is 0.258 e. The minimum atomic E-state index is -3.53. The average Bonchev–Trinajstić information content (AvgIpc) is 3.28. The summed E-state index contributed by atoms with van der Waals surface area (Å²) in [6.45, 7) is 5.12. The zero-order valence-corrected chi connectivity index (χ0v) is 14.4. The molecular formula is C14H23N3O2S2. The second kappa shape index (κ2) is 6.64. The number of rotatable bonds is 8. The van der Waals surface area contributed by atoms with Crippen molar-refractivity contribution in [2.24, 2.45) is 0 Å². The van der Waals surface area contributed by atoms with Crippen LogP contribution in [0.4, 0.5) is 0 Å². The molecule has 0 bridgehead atoms. The number of nitrogens with zero attached hydrogens (tertiary/aromatic N) is 1. The van der Waals surface area contributed by atoms with Gasteiger partial charge in [-0.2, -0.15) is 11.8 Å². The van der Waals surface area contributed by atoms with Gasteiger partial charge in [-0.05, 0) is 44.6 Å². The van der Waals surface area contributed by atoms with E-state index in [-0.39, 0.29) is 9.77 Å². The van der Waals surface area contributed by atoms with E-state index in [1.54, 1.807) is 24.0 Å². The van der Waals surface area contributed by atoms with Crippen molar-refractivity contribution in [1.82, 2.24) is 15.0 Å². The molecule has 1 saturated carbocycles. The second-order valence-corrected chi connectivity index (χ2v) is 9.18. The van der Waals surface area contributed by atoms with E-state index in [1.165, 1.54) is 12.8 Å². The summed E-state index contributed by atoms with van der Waals surface area (Å²) in [5.74, 6) is 0. The Balaban J connectivity index is 1.95. The number of sulfonamides is 1. The first-order chi connectivity index (χ1) is 9.82. The van der Waals surface area contributed by atoms with Crippen LogP contribution < -0.4 is 10.0 Å². The van der Waals surface area contributed by atoms with Crippen LogP contribution in [0, 0.1) is 0 Å². The van der Waals surface area contributed by atoms with Crippen molar-refractivity contribution in [2.45, 2.75) is 49.0 Å². The maximum Gasteiger partial charge on any atom is 0.258 e. The van der Waals surface area contributed by atoms with E-state index in [0.29, 0.717) is 12.6 Å². The fourth-order valence-electron chi connectivity index (χ4n) is 1.64. The average molecular weight is 329 g/mol. The highest BCUT2D eigenvalue weighted by atomic mass is 32.2. The molecule has 1 aromatic heterocycles. The predicted octanol–water partition coefficient (Wildman–Crippen LogP) is 1.75. The molecule has 7 heteroatoms. The molecule has 1 fully saturated rings. The molecule has 0 amide bonds. The van der Waals surface area contributed by atoms with Crippen molar-refractivity contribution in [2.75, 3.05) is 12.8 Å². The van der Waals surface area contributed by atoms with Crippen molar-refractivity contribution >= 4 is 21.8 Å². The van der Waals surface area contributed by atoms with Crippen LogP contribution in [-0.2, 0) is 16.6 Å². The first kappa shape index (κ1) is 16.7. The highest BCUT2D eigenvalue weighted by molar-refractivity contribution is 8.00. The first-order valence-corrected chi connectivity index (χ1v) is 9.76. The van der Waals surface area contributed by atoms with Gasteiger partial charge >= 0.3 is 0 Å². The fraction of sp³-hybridized carbons (Fsp3) is 0.643. The largest absolute Gasteiger partial charge is 0.310 e. The van der Waals surface area contributed by atoms with Gasteiger partial charge in [0, 0.05) is 30.1 Å². The number of aromatic nitrogens is 1. The van der Waals surface area contributed by atoms with Gasteiger partial charge in [0.25, 0.3) is 10.0 Å². The van der Waals surface area contributed by atoms with Gasteiger partial charge in [0.05, 0.1) is 0 Å². The lowest BCUT2D eigenvalue weighted by atomic mass is 10.2. The van der Waals surface area contributed by atoms with E-state index < -0.39 is 10.0 Å². The van der Waals surface area contributed by atoms with E-state index >= 15 is 0 Å². The highest BCUT2D eigenvalue weighted by Gasteiger charge is 2.22. The molecule has 1 heterocycles. The number of thioether (sulfide) groups is 1. The minimum Gasteiger partial charge on any atom is -0.310 e. The van der Waals surface area contributed by atoms with Crippen LogP contribution in [0.2, 0.25) is 0 Å². The Bertz CT molecular complexity index is 566. The summed E-state index contributed by atoms with van der Waals surface area (Å²) in [4.78, 5) is 4.08.